The molecule has 4 aliphatic carbocycles. The number of hydrogen-bond acceptors (Lipinski definition) is 7. The summed E-state index contributed by atoms with van der Waals surface area (Å²) in [4.78, 5) is 38.3. The minimum absolute atomic E-state index is 0.0453. The summed E-state index contributed by atoms with van der Waals surface area (Å²) in [5.41, 5.74) is -6.36. The van der Waals surface area contributed by atoms with Gasteiger partial charge < -0.3 is 9.29 Å². The third kappa shape index (κ3) is 5.51. The molecule has 0 amide bonds. The van der Waals surface area contributed by atoms with Crippen molar-refractivity contribution in [1.29, 1.82) is 0 Å². The van der Waals surface area contributed by atoms with E-state index in [4.69, 9.17) is 0 Å². The number of carbonyl (C=O) groups excluding carboxylic acids is 3. The van der Waals surface area contributed by atoms with Gasteiger partial charge in [0.2, 0.25) is 0 Å². The number of ether oxygens (including phenoxy) is 1. The van der Waals surface area contributed by atoms with Crippen LogP contribution in [0.4, 0.5) is 26.3 Å². The number of esters is 1. The average molecular weight is 632 g/mol. The zero-order valence-corrected chi connectivity index (χ0v) is 24.6. The van der Waals surface area contributed by atoms with Crippen LogP contribution >= 0.6 is 0 Å². The van der Waals surface area contributed by atoms with E-state index in [0.717, 1.165) is 25.7 Å². The van der Waals surface area contributed by atoms with Crippen molar-refractivity contribution >= 4 is 27.7 Å². The van der Waals surface area contributed by atoms with E-state index in [9.17, 15) is 53.7 Å². The van der Waals surface area contributed by atoms with Crippen LogP contribution in [-0.2, 0) is 29.2 Å². The molecule has 4 aliphatic rings. The minimum Gasteiger partial charge on any atom is -0.748 e. The van der Waals surface area contributed by atoms with Gasteiger partial charge in [0.15, 0.2) is 0 Å². The van der Waals surface area contributed by atoms with Crippen LogP contribution in [0.15, 0.2) is 0 Å². The fourth-order valence-electron chi connectivity index (χ4n) is 9.20. The quantitative estimate of drug-likeness (QED) is 0.199. The van der Waals surface area contributed by atoms with Gasteiger partial charge in [-0.2, -0.15) is 26.3 Å². The Morgan fingerprint density at radius 3 is 2.19 bits per heavy atom. The number of Topliss-reactive ketones (excluding diaryl/α,β-unsaturated/α-hetero) is 2. The van der Waals surface area contributed by atoms with Gasteiger partial charge in [0.1, 0.15) is 11.6 Å². The summed E-state index contributed by atoms with van der Waals surface area (Å²) in [6.07, 6.45) is -8.63. The summed E-state index contributed by atoms with van der Waals surface area (Å²) in [7, 11) is -6.11. The lowest BCUT2D eigenvalue weighted by atomic mass is 9.44. The molecule has 14 heteroatoms. The Bertz CT molecular complexity index is 1200. The molecule has 42 heavy (non-hydrogen) atoms. The number of halogens is 6. The molecule has 0 aromatic heterocycles. The van der Waals surface area contributed by atoms with Crippen LogP contribution in [0.25, 0.3) is 0 Å². The number of rotatable bonds is 7. The maximum Gasteiger partial charge on any atom is 0.438 e. The van der Waals surface area contributed by atoms with Crippen LogP contribution in [-0.4, -0.2) is 54.2 Å². The van der Waals surface area contributed by atoms with Crippen LogP contribution in [0.3, 0.4) is 0 Å². The molecule has 8 atom stereocenters. The number of alkyl halides is 6. The molecule has 0 aliphatic heterocycles. The van der Waals surface area contributed by atoms with Gasteiger partial charge in [0.05, 0.1) is 15.9 Å². The van der Waals surface area contributed by atoms with Crippen LogP contribution in [0.5, 0.6) is 0 Å². The van der Waals surface area contributed by atoms with Gasteiger partial charge >= 0.3 is 23.9 Å². The number of hydrogen-bond donors (Lipinski definition) is 0. The fraction of sp³-hybridized carbons (Fsp3) is 0.893. The highest BCUT2D eigenvalue weighted by Gasteiger charge is 2.75. The van der Waals surface area contributed by atoms with E-state index in [0.29, 0.717) is 25.7 Å². The molecule has 0 bridgehead atoms. The van der Waals surface area contributed by atoms with E-state index in [1.54, 1.807) is 6.92 Å². The van der Waals surface area contributed by atoms with Gasteiger partial charge in [-0.15, -0.1) is 0 Å². The van der Waals surface area contributed by atoms with Crippen LogP contribution < -0.4 is 0 Å². The largest absolute Gasteiger partial charge is 0.748 e. The summed E-state index contributed by atoms with van der Waals surface area (Å²) < 4.78 is 118. The maximum absolute atomic E-state index is 13.8. The third-order valence-electron chi connectivity index (χ3n) is 11.5. The molecule has 0 aromatic rings. The van der Waals surface area contributed by atoms with Crippen molar-refractivity contribution in [3.63, 3.8) is 0 Å². The molecule has 240 valence electrons. The highest BCUT2D eigenvalue weighted by molar-refractivity contribution is 7.85. The van der Waals surface area contributed by atoms with Gasteiger partial charge in [-0.25, -0.2) is 8.42 Å². The first-order valence-corrected chi connectivity index (χ1v) is 16.0. The number of ketones is 2. The van der Waals surface area contributed by atoms with Crippen LogP contribution in [0.2, 0.25) is 0 Å². The third-order valence-corrected chi connectivity index (χ3v) is 12.2. The molecule has 4 saturated carbocycles. The Kier molecular flexibility index (Phi) is 8.48. The summed E-state index contributed by atoms with van der Waals surface area (Å²) in [5.74, 6) is -4.64. The Morgan fingerprint density at radius 2 is 1.62 bits per heavy atom. The predicted octanol–water partition coefficient (Wildman–Crippen LogP) is 5.76. The van der Waals surface area contributed by atoms with E-state index in [2.05, 4.69) is 11.7 Å². The fourth-order valence-corrected chi connectivity index (χ4v) is 10.1. The summed E-state index contributed by atoms with van der Waals surface area (Å²) >= 11 is 0. The average Bonchev–Trinajstić information content (AvgIpc) is 3.20. The molecule has 0 heterocycles. The molecular formula is C28H37F6O7S-. The first kappa shape index (κ1) is 33.2. The minimum atomic E-state index is -6.41. The van der Waals surface area contributed by atoms with Crippen molar-refractivity contribution in [2.75, 3.05) is 5.75 Å². The topological polar surface area (TPSA) is 118 Å². The number of carbonyl (C=O) groups is 3. The second-order valence-electron chi connectivity index (χ2n) is 13.5. The number of fused-ring (bicyclic) bond motifs is 5. The van der Waals surface area contributed by atoms with Gasteiger partial charge in [0.25, 0.3) is 0 Å². The van der Waals surface area contributed by atoms with E-state index >= 15 is 0 Å². The van der Waals surface area contributed by atoms with E-state index < -0.39 is 57.5 Å². The molecule has 0 spiro atoms. The monoisotopic (exact) mass is 631 g/mol. The Labute approximate surface area is 241 Å². The van der Waals surface area contributed by atoms with Crippen molar-refractivity contribution in [1.82, 2.24) is 0 Å². The SMILES string of the molecule is CC(CCC(=O)OC(CS(=O)(=O)[O-])(C(F)(F)F)C(F)(F)F)C1CCC2C3CCC4CC(=O)CCC4(C)C3CC(=O)C12C. The zero-order valence-electron chi connectivity index (χ0n) is 23.8. The highest BCUT2D eigenvalue weighted by Crippen LogP contribution is 2.67. The molecule has 4 rings (SSSR count). The summed E-state index contributed by atoms with van der Waals surface area (Å²) in [6, 6.07) is 0. The molecular weight excluding hydrogens is 594 g/mol. The first-order valence-electron chi connectivity index (χ1n) is 14.4. The Morgan fingerprint density at radius 1 is 1.00 bits per heavy atom. The maximum atomic E-state index is 13.8. The Balaban J connectivity index is 1.48. The second kappa shape index (κ2) is 10.7. The van der Waals surface area contributed by atoms with Crippen LogP contribution in [0, 0.1) is 46.3 Å². The molecule has 7 nitrogen and oxygen atoms in total. The first-order chi connectivity index (χ1) is 19.1. The van der Waals surface area contributed by atoms with Crippen molar-refractivity contribution in [2.45, 2.75) is 103 Å². The standard InChI is InChI=1S/C28H38F6O7S/c1-15(4-9-23(37)41-26(27(29,30)31,28(32,33)34)14-42(38,39)40)19-7-8-20-18-6-5-16-12-17(35)10-11-24(16,2)21(18)13-22(36)25(19,20)3/h15-16,18-21H,4-14H2,1-3H3,(H,38,39,40)/p-1. The van der Waals surface area contributed by atoms with Gasteiger partial charge in [-0.3, -0.25) is 14.4 Å². The summed E-state index contributed by atoms with van der Waals surface area (Å²) in [6.45, 7) is 5.77. The summed E-state index contributed by atoms with van der Waals surface area (Å²) in [5, 5.41) is 0. The van der Waals surface area contributed by atoms with Crippen molar-refractivity contribution < 1.29 is 58.4 Å². The molecule has 4 fully saturated rings. The van der Waals surface area contributed by atoms with Gasteiger partial charge in [0, 0.05) is 31.1 Å². The Hall–Kier alpha value is -1.70. The zero-order chi connectivity index (χ0) is 31.7. The molecule has 0 saturated heterocycles. The van der Waals surface area contributed by atoms with E-state index in [-0.39, 0.29) is 53.0 Å². The smallest absolute Gasteiger partial charge is 0.438 e. The highest BCUT2D eigenvalue weighted by atomic mass is 32.2. The van der Waals surface area contributed by atoms with Crippen molar-refractivity contribution in [3.05, 3.63) is 0 Å². The lowest BCUT2D eigenvalue weighted by Crippen LogP contribution is -2.63. The molecule has 8 unspecified atom stereocenters. The van der Waals surface area contributed by atoms with Gasteiger partial charge in [-0.05, 0) is 79.4 Å². The lowest BCUT2D eigenvalue weighted by Gasteiger charge is -2.59. The molecule has 0 aromatic carbocycles. The molecule has 0 radical (unpaired) electrons. The van der Waals surface area contributed by atoms with Crippen molar-refractivity contribution in [3.8, 4) is 0 Å². The van der Waals surface area contributed by atoms with E-state index in [1.807, 2.05) is 6.92 Å². The normalized spacial score (nSPS) is 36.6. The van der Waals surface area contributed by atoms with Crippen molar-refractivity contribution in [2.24, 2.45) is 46.3 Å². The predicted molar refractivity (Wildman–Crippen MR) is 135 cm³/mol. The van der Waals surface area contributed by atoms with Crippen LogP contribution in [0.1, 0.15) is 85.0 Å². The molecule has 0 N–H and O–H groups in total. The second-order valence-corrected chi connectivity index (χ2v) is 14.9. The van der Waals surface area contributed by atoms with Gasteiger partial charge in [-0.1, -0.05) is 20.8 Å². The lowest BCUT2D eigenvalue weighted by molar-refractivity contribution is -0.361. The van der Waals surface area contributed by atoms with E-state index in [1.165, 1.54) is 0 Å².